The average molecular weight is 391 g/mol. The summed E-state index contributed by atoms with van der Waals surface area (Å²) in [6.07, 6.45) is 1.80. The van der Waals surface area contributed by atoms with Crippen molar-refractivity contribution in [1.29, 1.82) is 0 Å². The minimum absolute atomic E-state index is 0.141. The molecule has 3 aromatic rings. The van der Waals surface area contributed by atoms with Gasteiger partial charge in [-0.15, -0.1) is 0 Å². The molecule has 1 heterocycles. The Morgan fingerprint density at radius 3 is 2.41 bits per heavy atom. The second kappa shape index (κ2) is 9.59. The van der Waals surface area contributed by atoms with Gasteiger partial charge in [-0.1, -0.05) is 42.5 Å². The van der Waals surface area contributed by atoms with Crippen molar-refractivity contribution in [3.8, 4) is 0 Å². The maximum absolute atomic E-state index is 13.6. The first-order valence-corrected chi connectivity index (χ1v) is 9.35. The molecule has 0 saturated carbocycles. The number of nitrogens with one attached hydrogen (secondary N) is 2. The van der Waals surface area contributed by atoms with Crippen molar-refractivity contribution in [3.05, 3.63) is 101 Å². The molecule has 2 amide bonds. The molecule has 0 aliphatic carbocycles. The number of aromatic nitrogens is 1. The van der Waals surface area contributed by atoms with Gasteiger partial charge in [-0.2, -0.15) is 0 Å². The smallest absolute Gasteiger partial charge is 0.269 e. The number of aryl methyl sites for hydroxylation is 1. The molecule has 2 aromatic carbocycles. The molecule has 0 atom stereocenters. The van der Waals surface area contributed by atoms with E-state index in [-0.39, 0.29) is 24.0 Å². The van der Waals surface area contributed by atoms with Crippen LogP contribution in [0.4, 0.5) is 4.39 Å². The third-order valence-electron chi connectivity index (χ3n) is 4.59. The van der Waals surface area contributed by atoms with Gasteiger partial charge in [-0.3, -0.25) is 14.6 Å². The Morgan fingerprint density at radius 2 is 1.66 bits per heavy atom. The van der Waals surface area contributed by atoms with Crippen LogP contribution in [0.2, 0.25) is 0 Å². The first-order chi connectivity index (χ1) is 14.0. The van der Waals surface area contributed by atoms with Crippen molar-refractivity contribution >= 4 is 11.8 Å². The van der Waals surface area contributed by atoms with Crippen LogP contribution >= 0.6 is 0 Å². The molecule has 0 saturated heterocycles. The molecule has 0 aliphatic heterocycles. The molecule has 148 valence electrons. The second-order valence-corrected chi connectivity index (χ2v) is 6.64. The van der Waals surface area contributed by atoms with Crippen molar-refractivity contribution < 1.29 is 14.0 Å². The summed E-state index contributed by atoms with van der Waals surface area (Å²) in [5.74, 6) is -0.988. The normalized spacial score (nSPS) is 10.4. The van der Waals surface area contributed by atoms with Crippen LogP contribution in [0.5, 0.6) is 0 Å². The molecule has 2 N–H and O–H groups in total. The predicted molar refractivity (Wildman–Crippen MR) is 109 cm³/mol. The number of carbonyl (C=O) groups is 2. The highest BCUT2D eigenvalue weighted by Crippen LogP contribution is 2.09. The van der Waals surface area contributed by atoms with Gasteiger partial charge >= 0.3 is 0 Å². The SMILES string of the molecule is Cc1ccccc1CNC(=O)c1ccnc(C(=O)NCCc2ccccc2F)c1. The Hall–Kier alpha value is -3.54. The zero-order valence-electron chi connectivity index (χ0n) is 16.1. The molecule has 3 rings (SSSR count). The van der Waals surface area contributed by atoms with Gasteiger partial charge in [-0.25, -0.2) is 4.39 Å². The van der Waals surface area contributed by atoms with Gasteiger partial charge in [0.25, 0.3) is 11.8 Å². The highest BCUT2D eigenvalue weighted by Gasteiger charge is 2.12. The molecule has 0 bridgehead atoms. The number of carbonyl (C=O) groups excluding carboxylic acids is 2. The summed E-state index contributed by atoms with van der Waals surface area (Å²) in [7, 11) is 0. The summed E-state index contributed by atoms with van der Waals surface area (Å²) < 4.78 is 13.6. The molecular formula is C23H22FN3O2. The monoisotopic (exact) mass is 391 g/mol. The van der Waals surface area contributed by atoms with E-state index >= 15 is 0 Å². The van der Waals surface area contributed by atoms with Gasteiger partial charge in [0.2, 0.25) is 0 Å². The zero-order valence-corrected chi connectivity index (χ0v) is 16.1. The molecular weight excluding hydrogens is 369 g/mol. The van der Waals surface area contributed by atoms with Crippen LogP contribution in [0, 0.1) is 12.7 Å². The van der Waals surface area contributed by atoms with E-state index in [9.17, 15) is 14.0 Å². The van der Waals surface area contributed by atoms with Gasteiger partial charge in [0, 0.05) is 24.8 Å². The van der Waals surface area contributed by atoms with Crippen molar-refractivity contribution in [1.82, 2.24) is 15.6 Å². The third kappa shape index (κ3) is 5.48. The summed E-state index contributed by atoms with van der Waals surface area (Å²) in [5.41, 5.74) is 3.15. The fourth-order valence-corrected chi connectivity index (χ4v) is 2.88. The first-order valence-electron chi connectivity index (χ1n) is 9.35. The van der Waals surface area contributed by atoms with Crippen molar-refractivity contribution in [3.63, 3.8) is 0 Å². The van der Waals surface area contributed by atoms with Crippen LogP contribution in [0.3, 0.4) is 0 Å². The van der Waals surface area contributed by atoms with E-state index in [1.165, 1.54) is 18.3 Å². The lowest BCUT2D eigenvalue weighted by atomic mass is 10.1. The third-order valence-corrected chi connectivity index (χ3v) is 4.59. The lowest BCUT2D eigenvalue weighted by Crippen LogP contribution is -2.28. The Labute approximate surface area is 169 Å². The lowest BCUT2D eigenvalue weighted by molar-refractivity contribution is 0.0949. The van der Waals surface area contributed by atoms with Crippen molar-refractivity contribution in [2.75, 3.05) is 6.54 Å². The molecule has 0 fully saturated rings. The summed E-state index contributed by atoms with van der Waals surface area (Å²) in [5, 5.41) is 5.56. The molecule has 0 spiro atoms. The summed E-state index contributed by atoms with van der Waals surface area (Å²) >= 11 is 0. The van der Waals surface area contributed by atoms with Crippen LogP contribution in [0.1, 0.15) is 37.5 Å². The van der Waals surface area contributed by atoms with Crippen LogP contribution in [-0.4, -0.2) is 23.3 Å². The molecule has 0 aliphatic rings. The van der Waals surface area contributed by atoms with E-state index in [1.807, 2.05) is 31.2 Å². The number of pyridine rings is 1. The lowest BCUT2D eigenvalue weighted by Gasteiger charge is -2.09. The number of benzene rings is 2. The number of rotatable bonds is 7. The van der Waals surface area contributed by atoms with Gasteiger partial charge < -0.3 is 10.6 Å². The highest BCUT2D eigenvalue weighted by atomic mass is 19.1. The average Bonchev–Trinajstić information content (AvgIpc) is 2.74. The fraction of sp³-hybridized carbons (Fsp3) is 0.174. The van der Waals surface area contributed by atoms with Crippen LogP contribution in [-0.2, 0) is 13.0 Å². The van der Waals surface area contributed by atoms with Crippen LogP contribution in [0.15, 0.2) is 66.9 Å². The van der Waals surface area contributed by atoms with Crippen molar-refractivity contribution in [2.45, 2.75) is 19.9 Å². The van der Waals surface area contributed by atoms with Crippen LogP contribution in [0.25, 0.3) is 0 Å². The Bertz CT molecular complexity index is 1020. The van der Waals surface area contributed by atoms with E-state index < -0.39 is 5.91 Å². The highest BCUT2D eigenvalue weighted by molar-refractivity contribution is 5.98. The standard InChI is InChI=1S/C23H22FN3O2/c1-16-6-2-3-8-19(16)15-27-22(28)18-11-12-25-21(14-18)23(29)26-13-10-17-7-4-5-9-20(17)24/h2-9,11-12,14H,10,13,15H2,1H3,(H,26,29)(H,27,28). The maximum Gasteiger partial charge on any atom is 0.269 e. The quantitative estimate of drug-likeness (QED) is 0.648. The van der Waals surface area contributed by atoms with Gasteiger partial charge in [0.05, 0.1) is 0 Å². The molecule has 1 aromatic heterocycles. The maximum atomic E-state index is 13.6. The number of nitrogens with zero attached hydrogens (tertiary/aromatic N) is 1. The zero-order chi connectivity index (χ0) is 20.6. The number of amides is 2. The largest absolute Gasteiger partial charge is 0.350 e. The molecule has 0 unspecified atom stereocenters. The number of hydrogen-bond donors (Lipinski definition) is 2. The minimum Gasteiger partial charge on any atom is -0.350 e. The second-order valence-electron chi connectivity index (χ2n) is 6.64. The fourth-order valence-electron chi connectivity index (χ4n) is 2.88. The first kappa shape index (κ1) is 20.2. The summed E-state index contributed by atoms with van der Waals surface area (Å²) in [4.78, 5) is 28.8. The van der Waals surface area contributed by atoms with Crippen LogP contribution < -0.4 is 10.6 Å². The molecule has 29 heavy (non-hydrogen) atoms. The van der Waals surface area contributed by atoms with E-state index in [2.05, 4.69) is 15.6 Å². The Kier molecular flexibility index (Phi) is 6.68. The van der Waals surface area contributed by atoms with Gasteiger partial charge in [0.1, 0.15) is 11.5 Å². The van der Waals surface area contributed by atoms with E-state index in [4.69, 9.17) is 0 Å². The topological polar surface area (TPSA) is 71.1 Å². The minimum atomic E-state index is -0.408. The predicted octanol–water partition coefficient (Wildman–Crippen LogP) is 3.43. The van der Waals surface area contributed by atoms with E-state index in [1.54, 1.807) is 24.3 Å². The summed E-state index contributed by atoms with van der Waals surface area (Å²) in [6.45, 7) is 2.65. The number of halogens is 1. The molecule has 0 radical (unpaired) electrons. The Morgan fingerprint density at radius 1 is 0.931 bits per heavy atom. The molecule has 6 heteroatoms. The van der Waals surface area contributed by atoms with E-state index in [0.717, 1.165) is 11.1 Å². The van der Waals surface area contributed by atoms with E-state index in [0.29, 0.717) is 24.1 Å². The Balaban J connectivity index is 1.56. The van der Waals surface area contributed by atoms with Crippen molar-refractivity contribution in [2.24, 2.45) is 0 Å². The van der Waals surface area contributed by atoms with Gasteiger partial charge in [-0.05, 0) is 48.2 Å². The number of hydrogen-bond acceptors (Lipinski definition) is 3. The molecule has 5 nitrogen and oxygen atoms in total. The summed E-state index contributed by atoms with van der Waals surface area (Å²) in [6, 6.07) is 17.3. The van der Waals surface area contributed by atoms with Gasteiger partial charge in [0.15, 0.2) is 0 Å².